The molecule has 2 aliphatic rings. The first-order chi connectivity index (χ1) is 14.7. The first kappa shape index (κ1) is 18.5. The molecule has 0 atom stereocenters. The molecule has 0 saturated heterocycles. The molecule has 0 fully saturated rings. The van der Waals surface area contributed by atoms with Gasteiger partial charge in [-0.15, -0.1) is 0 Å². The molecule has 2 aliphatic heterocycles. The average molecular weight is 417 g/mol. The van der Waals surface area contributed by atoms with E-state index in [-0.39, 0.29) is 11.5 Å². The van der Waals surface area contributed by atoms with E-state index in [1.54, 1.807) is 24.3 Å². The minimum Gasteiger partial charge on any atom is -0.489 e. The molecular formula is C25H17ClO4. The molecule has 0 saturated carbocycles. The molecule has 4 nitrogen and oxygen atoms in total. The van der Waals surface area contributed by atoms with Gasteiger partial charge in [0.25, 0.3) is 0 Å². The lowest BCUT2D eigenvalue weighted by Crippen LogP contribution is -2.08. The van der Waals surface area contributed by atoms with Gasteiger partial charge in [0.15, 0.2) is 5.76 Å². The van der Waals surface area contributed by atoms with Gasteiger partial charge in [0.2, 0.25) is 5.78 Å². The average Bonchev–Trinajstić information content (AvgIpc) is 3.07. The largest absolute Gasteiger partial charge is 0.489 e. The first-order valence-electron chi connectivity index (χ1n) is 9.54. The summed E-state index contributed by atoms with van der Waals surface area (Å²) in [4.78, 5) is 12.7. The van der Waals surface area contributed by atoms with Crippen LogP contribution in [0.3, 0.4) is 0 Å². The number of benzene rings is 3. The SMILES string of the molecule is O=C1C(=CC2=Cc3ccccc3OC2)Oc2cc(OCc3ccccc3Cl)ccc21. The topological polar surface area (TPSA) is 44.8 Å². The van der Waals surface area contributed by atoms with Gasteiger partial charge in [-0.2, -0.15) is 0 Å². The van der Waals surface area contributed by atoms with Gasteiger partial charge >= 0.3 is 0 Å². The maximum absolute atomic E-state index is 12.7. The first-order valence-corrected chi connectivity index (χ1v) is 9.92. The maximum atomic E-state index is 12.7. The molecule has 0 radical (unpaired) electrons. The Morgan fingerprint density at radius 1 is 1.00 bits per heavy atom. The molecule has 3 aromatic rings. The quantitative estimate of drug-likeness (QED) is 0.500. The smallest absolute Gasteiger partial charge is 0.231 e. The van der Waals surface area contributed by atoms with Crippen LogP contribution in [0.2, 0.25) is 5.02 Å². The van der Waals surface area contributed by atoms with Crippen molar-refractivity contribution in [3.05, 3.63) is 106 Å². The van der Waals surface area contributed by atoms with Crippen molar-refractivity contribution in [1.82, 2.24) is 0 Å². The van der Waals surface area contributed by atoms with E-state index in [4.69, 9.17) is 25.8 Å². The van der Waals surface area contributed by atoms with Crippen LogP contribution >= 0.6 is 11.6 Å². The van der Waals surface area contributed by atoms with Crippen LogP contribution in [0.1, 0.15) is 21.5 Å². The van der Waals surface area contributed by atoms with E-state index in [0.717, 1.165) is 22.4 Å². The summed E-state index contributed by atoms with van der Waals surface area (Å²) in [7, 11) is 0. The zero-order valence-electron chi connectivity index (χ0n) is 15.9. The molecule has 0 aliphatic carbocycles. The van der Waals surface area contributed by atoms with Crippen LogP contribution in [-0.4, -0.2) is 12.4 Å². The van der Waals surface area contributed by atoms with Crippen LogP contribution in [0.4, 0.5) is 0 Å². The van der Waals surface area contributed by atoms with Crippen LogP contribution < -0.4 is 14.2 Å². The number of hydrogen-bond acceptors (Lipinski definition) is 4. The number of ketones is 1. The molecule has 0 spiro atoms. The van der Waals surface area contributed by atoms with Crippen molar-refractivity contribution >= 4 is 23.5 Å². The molecule has 0 aromatic heterocycles. The fraction of sp³-hybridized carbons (Fsp3) is 0.0800. The van der Waals surface area contributed by atoms with E-state index in [1.807, 2.05) is 54.6 Å². The highest BCUT2D eigenvalue weighted by Crippen LogP contribution is 2.36. The summed E-state index contributed by atoms with van der Waals surface area (Å²) in [6.45, 7) is 0.721. The molecule has 30 heavy (non-hydrogen) atoms. The van der Waals surface area contributed by atoms with Gasteiger partial charge in [-0.1, -0.05) is 48.0 Å². The molecule has 0 unspecified atom stereocenters. The minimum atomic E-state index is -0.151. The van der Waals surface area contributed by atoms with Gasteiger partial charge in [-0.25, -0.2) is 0 Å². The van der Waals surface area contributed by atoms with Crippen molar-refractivity contribution in [2.24, 2.45) is 0 Å². The molecule has 0 bridgehead atoms. The van der Waals surface area contributed by atoms with Gasteiger partial charge in [0.1, 0.15) is 30.5 Å². The number of Topliss-reactive ketones (excluding diaryl/α,β-unsaturated/α-hetero) is 1. The number of allylic oxidation sites excluding steroid dienone is 1. The molecule has 3 aromatic carbocycles. The third-order valence-corrected chi connectivity index (χ3v) is 5.33. The van der Waals surface area contributed by atoms with Crippen LogP contribution in [0.15, 0.2) is 84.1 Å². The lowest BCUT2D eigenvalue weighted by Gasteiger charge is -2.15. The fourth-order valence-electron chi connectivity index (χ4n) is 3.42. The molecular weight excluding hydrogens is 400 g/mol. The monoisotopic (exact) mass is 416 g/mol. The second-order valence-corrected chi connectivity index (χ2v) is 7.43. The van der Waals surface area contributed by atoms with Crippen molar-refractivity contribution in [2.75, 3.05) is 6.61 Å². The van der Waals surface area contributed by atoms with E-state index in [0.29, 0.717) is 35.3 Å². The van der Waals surface area contributed by atoms with Gasteiger partial charge in [0.05, 0.1) is 5.56 Å². The highest BCUT2D eigenvalue weighted by molar-refractivity contribution is 6.31. The normalized spacial score (nSPS) is 15.7. The van der Waals surface area contributed by atoms with Crippen LogP contribution in [0.5, 0.6) is 17.2 Å². The molecule has 2 heterocycles. The van der Waals surface area contributed by atoms with Crippen LogP contribution in [0, 0.1) is 0 Å². The predicted octanol–water partition coefficient (Wildman–Crippen LogP) is 5.85. The number of ether oxygens (including phenoxy) is 3. The van der Waals surface area contributed by atoms with Crippen molar-refractivity contribution in [1.29, 1.82) is 0 Å². The van der Waals surface area contributed by atoms with E-state index < -0.39 is 0 Å². The van der Waals surface area contributed by atoms with Crippen molar-refractivity contribution in [3.8, 4) is 17.2 Å². The summed E-state index contributed by atoms with van der Waals surface area (Å²) in [6, 6.07) is 20.5. The van der Waals surface area contributed by atoms with Crippen LogP contribution in [0.25, 0.3) is 6.08 Å². The number of carbonyl (C=O) groups is 1. The summed E-state index contributed by atoms with van der Waals surface area (Å²) in [6.07, 6.45) is 3.74. The second kappa shape index (κ2) is 7.73. The molecule has 5 rings (SSSR count). The van der Waals surface area contributed by atoms with Gasteiger partial charge in [-0.3, -0.25) is 4.79 Å². The van der Waals surface area contributed by atoms with Gasteiger partial charge in [-0.05, 0) is 42.0 Å². The molecule has 0 amide bonds. The van der Waals surface area contributed by atoms with Crippen molar-refractivity contribution in [3.63, 3.8) is 0 Å². The van der Waals surface area contributed by atoms with Gasteiger partial charge < -0.3 is 14.2 Å². The Bertz CT molecular complexity index is 1210. The third kappa shape index (κ3) is 3.58. The Kier molecular flexibility index (Phi) is 4.77. The van der Waals surface area contributed by atoms with E-state index >= 15 is 0 Å². The summed E-state index contributed by atoms with van der Waals surface area (Å²) >= 11 is 6.17. The summed E-state index contributed by atoms with van der Waals surface area (Å²) in [5.74, 6) is 2.06. The number of halogens is 1. The van der Waals surface area contributed by atoms with Crippen LogP contribution in [-0.2, 0) is 6.61 Å². The number of rotatable bonds is 4. The zero-order chi connectivity index (χ0) is 20.5. The van der Waals surface area contributed by atoms with Crippen molar-refractivity contribution in [2.45, 2.75) is 6.61 Å². The predicted molar refractivity (Wildman–Crippen MR) is 115 cm³/mol. The highest BCUT2D eigenvalue weighted by Gasteiger charge is 2.28. The van der Waals surface area contributed by atoms with Gasteiger partial charge in [0, 0.05) is 22.2 Å². The second-order valence-electron chi connectivity index (χ2n) is 7.02. The summed E-state index contributed by atoms with van der Waals surface area (Å²) in [5, 5.41) is 0.653. The van der Waals surface area contributed by atoms with Crippen molar-refractivity contribution < 1.29 is 19.0 Å². The molecule has 5 heteroatoms. The van der Waals surface area contributed by atoms with E-state index in [1.165, 1.54) is 0 Å². The Morgan fingerprint density at radius 2 is 1.83 bits per heavy atom. The maximum Gasteiger partial charge on any atom is 0.231 e. The lowest BCUT2D eigenvalue weighted by atomic mass is 10.1. The Labute approximate surface area is 179 Å². The Morgan fingerprint density at radius 3 is 2.73 bits per heavy atom. The standard InChI is InChI=1S/C25H17ClO4/c26-21-7-3-1-6-18(21)15-28-19-9-10-20-23(13-19)30-24(25(20)27)12-16-11-17-5-2-4-8-22(17)29-14-16/h1-13H,14-15H2. The van der Waals surface area contributed by atoms with E-state index in [2.05, 4.69) is 0 Å². The number of para-hydroxylation sites is 1. The van der Waals surface area contributed by atoms with E-state index in [9.17, 15) is 4.79 Å². The fourth-order valence-corrected chi connectivity index (χ4v) is 3.61. The number of fused-ring (bicyclic) bond motifs is 2. The third-order valence-electron chi connectivity index (χ3n) is 4.96. The Balaban J connectivity index is 1.34. The highest BCUT2D eigenvalue weighted by atomic mass is 35.5. The molecule has 148 valence electrons. The lowest BCUT2D eigenvalue weighted by molar-refractivity contribution is 0.101. The summed E-state index contributed by atoms with van der Waals surface area (Å²) < 4.78 is 17.4. The number of hydrogen-bond donors (Lipinski definition) is 0. The summed E-state index contributed by atoms with van der Waals surface area (Å²) in [5.41, 5.74) is 3.26. The zero-order valence-corrected chi connectivity index (χ0v) is 16.7. The Hall–Kier alpha value is -3.50. The minimum absolute atomic E-state index is 0.151. The molecule has 0 N–H and O–H groups in total. The number of carbonyl (C=O) groups excluding carboxylic acids is 1.